The van der Waals surface area contributed by atoms with Crippen molar-refractivity contribution in [3.05, 3.63) is 0 Å². The second kappa shape index (κ2) is 6.69. The molecule has 0 amide bonds. The van der Waals surface area contributed by atoms with E-state index >= 15 is 0 Å². The third-order valence-electron chi connectivity index (χ3n) is 3.02. The standard InChI is InChI=1S/C13H23N5O2/c1-5-6-14-11-15-12(17-13(16-11)19-4)18-7-9(2)20-10(3)8-18/h9-10H,5-8H2,1-4H3,(H,14,15,16,17). The second-order valence-corrected chi connectivity index (χ2v) is 5.03. The number of hydrogen-bond acceptors (Lipinski definition) is 7. The molecule has 1 N–H and O–H groups in total. The van der Waals surface area contributed by atoms with Crippen LogP contribution in [-0.4, -0.2) is 53.9 Å². The van der Waals surface area contributed by atoms with E-state index in [4.69, 9.17) is 9.47 Å². The molecule has 1 aromatic rings. The Kier molecular flexibility index (Phi) is 4.94. The average molecular weight is 281 g/mol. The molecule has 2 rings (SSSR count). The number of aromatic nitrogens is 3. The van der Waals surface area contributed by atoms with Crippen molar-refractivity contribution < 1.29 is 9.47 Å². The smallest absolute Gasteiger partial charge is 0.322 e. The van der Waals surface area contributed by atoms with Crippen molar-refractivity contribution >= 4 is 11.9 Å². The van der Waals surface area contributed by atoms with Crippen LogP contribution in [0.25, 0.3) is 0 Å². The molecule has 7 heteroatoms. The Morgan fingerprint density at radius 3 is 2.55 bits per heavy atom. The quantitative estimate of drug-likeness (QED) is 0.872. The number of rotatable bonds is 5. The Morgan fingerprint density at radius 2 is 1.95 bits per heavy atom. The number of nitrogens with one attached hydrogen (secondary N) is 1. The van der Waals surface area contributed by atoms with Gasteiger partial charge in [-0.25, -0.2) is 0 Å². The summed E-state index contributed by atoms with van der Waals surface area (Å²) in [6, 6.07) is 0.334. The fourth-order valence-electron chi connectivity index (χ4n) is 2.24. The molecule has 1 aromatic heterocycles. The zero-order valence-electron chi connectivity index (χ0n) is 12.6. The molecule has 0 aliphatic carbocycles. The molecule has 0 spiro atoms. The first-order valence-corrected chi connectivity index (χ1v) is 7.06. The van der Waals surface area contributed by atoms with Gasteiger partial charge >= 0.3 is 6.01 Å². The van der Waals surface area contributed by atoms with Crippen molar-refractivity contribution in [2.45, 2.75) is 39.4 Å². The molecule has 1 fully saturated rings. The number of hydrogen-bond donors (Lipinski definition) is 1. The molecule has 112 valence electrons. The normalized spacial score (nSPS) is 22.7. The monoisotopic (exact) mass is 281 g/mol. The van der Waals surface area contributed by atoms with Crippen molar-refractivity contribution in [3.63, 3.8) is 0 Å². The van der Waals surface area contributed by atoms with Crippen LogP contribution in [0.5, 0.6) is 6.01 Å². The number of ether oxygens (including phenoxy) is 2. The van der Waals surface area contributed by atoms with Crippen LogP contribution in [0.15, 0.2) is 0 Å². The van der Waals surface area contributed by atoms with Crippen molar-refractivity contribution in [1.29, 1.82) is 0 Å². The van der Waals surface area contributed by atoms with E-state index in [0.29, 0.717) is 17.9 Å². The lowest BCUT2D eigenvalue weighted by Gasteiger charge is -2.35. The largest absolute Gasteiger partial charge is 0.467 e. The first-order chi connectivity index (χ1) is 9.62. The summed E-state index contributed by atoms with van der Waals surface area (Å²) in [5, 5.41) is 3.17. The molecular formula is C13H23N5O2. The van der Waals surface area contributed by atoms with E-state index in [9.17, 15) is 0 Å². The van der Waals surface area contributed by atoms with Gasteiger partial charge in [-0.05, 0) is 20.3 Å². The lowest BCUT2D eigenvalue weighted by atomic mass is 10.2. The zero-order chi connectivity index (χ0) is 14.5. The van der Waals surface area contributed by atoms with Crippen molar-refractivity contribution in [2.24, 2.45) is 0 Å². The molecule has 1 saturated heterocycles. The van der Waals surface area contributed by atoms with Gasteiger partial charge in [-0.3, -0.25) is 0 Å². The lowest BCUT2D eigenvalue weighted by molar-refractivity contribution is -0.00576. The Labute approximate surface area is 119 Å². The SMILES string of the molecule is CCCNc1nc(OC)nc(N2CC(C)OC(C)C2)n1. The van der Waals surface area contributed by atoms with Gasteiger partial charge in [-0.1, -0.05) is 6.92 Å². The minimum atomic E-state index is 0.161. The molecule has 2 unspecified atom stereocenters. The van der Waals surface area contributed by atoms with Gasteiger partial charge in [0.05, 0.1) is 19.3 Å². The molecule has 1 aliphatic heterocycles. The highest BCUT2D eigenvalue weighted by atomic mass is 16.5. The molecule has 0 bridgehead atoms. The maximum absolute atomic E-state index is 5.73. The highest BCUT2D eigenvalue weighted by molar-refractivity contribution is 5.39. The molecule has 2 heterocycles. The predicted molar refractivity (Wildman–Crippen MR) is 77.4 cm³/mol. The minimum absolute atomic E-state index is 0.161. The van der Waals surface area contributed by atoms with Crippen LogP contribution in [-0.2, 0) is 4.74 Å². The molecule has 0 radical (unpaired) electrons. The predicted octanol–water partition coefficient (Wildman–Crippen LogP) is 1.32. The summed E-state index contributed by atoms with van der Waals surface area (Å²) in [6.07, 6.45) is 1.33. The highest BCUT2D eigenvalue weighted by Gasteiger charge is 2.25. The number of methoxy groups -OCH3 is 1. The van der Waals surface area contributed by atoms with Gasteiger partial charge in [0.1, 0.15) is 0 Å². The Balaban J connectivity index is 2.20. The van der Waals surface area contributed by atoms with Crippen LogP contribution in [0.4, 0.5) is 11.9 Å². The van der Waals surface area contributed by atoms with Gasteiger partial charge < -0.3 is 19.7 Å². The third kappa shape index (κ3) is 3.69. The van der Waals surface area contributed by atoms with E-state index in [2.05, 4.69) is 45.9 Å². The third-order valence-corrected chi connectivity index (χ3v) is 3.02. The van der Waals surface area contributed by atoms with Gasteiger partial charge in [-0.2, -0.15) is 15.0 Å². The van der Waals surface area contributed by atoms with Crippen LogP contribution in [0.3, 0.4) is 0 Å². The molecule has 0 aromatic carbocycles. The van der Waals surface area contributed by atoms with Crippen molar-refractivity contribution in [3.8, 4) is 6.01 Å². The number of nitrogens with zero attached hydrogens (tertiary/aromatic N) is 4. The topological polar surface area (TPSA) is 72.4 Å². The molecule has 20 heavy (non-hydrogen) atoms. The van der Waals surface area contributed by atoms with Crippen LogP contribution in [0, 0.1) is 0 Å². The van der Waals surface area contributed by atoms with E-state index in [1.807, 2.05) is 0 Å². The lowest BCUT2D eigenvalue weighted by Crippen LogP contribution is -2.46. The van der Waals surface area contributed by atoms with Crippen LogP contribution in [0.1, 0.15) is 27.2 Å². The van der Waals surface area contributed by atoms with E-state index < -0.39 is 0 Å². The number of morpholine rings is 1. The maximum atomic E-state index is 5.73. The van der Waals surface area contributed by atoms with Crippen LogP contribution in [0.2, 0.25) is 0 Å². The first-order valence-electron chi connectivity index (χ1n) is 7.06. The fraction of sp³-hybridized carbons (Fsp3) is 0.769. The summed E-state index contributed by atoms with van der Waals surface area (Å²) in [5.41, 5.74) is 0. The minimum Gasteiger partial charge on any atom is -0.467 e. The van der Waals surface area contributed by atoms with E-state index in [-0.39, 0.29) is 12.2 Å². The van der Waals surface area contributed by atoms with Crippen molar-refractivity contribution in [2.75, 3.05) is 37.0 Å². The van der Waals surface area contributed by atoms with Gasteiger partial charge in [0.2, 0.25) is 11.9 Å². The first kappa shape index (κ1) is 14.8. The zero-order valence-corrected chi connectivity index (χ0v) is 12.6. The summed E-state index contributed by atoms with van der Waals surface area (Å²) in [5.74, 6) is 1.19. The van der Waals surface area contributed by atoms with Gasteiger partial charge in [0.25, 0.3) is 0 Å². The van der Waals surface area contributed by atoms with Crippen molar-refractivity contribution in [1.82, 2.24) is 15.0 Å². The fourth-order valence-corrected chi connectivity index (χ4v) is 2.24. The molecule has 0 saturated carbocycles. The molecule has 1 aliphatic rings. The van der Waals surface area contributed by atoms with Crippen LogP contribution < -0.4 is 15.0 Å². The second-order valence-electron chi connectivity index (χ2n) is 5.03. The summed E-state index contributed by atoms with van der Waals surface area (Å²) in [7, 11) is 1.56. The van der Waals surface area contributed by atoms with E-state index in [0.717, 1.165) is 26.1 Å². The average Bonchev–Trinajstić information content (AvgIpc) is 2.43. The summed E-state index contributed by atoms with van der Waals surface area (Å²) in [6.45, 7) is 8.56. The molecule has 7 nitrogen and oxygen atoms in total. The number of anilines is 2. The Morgan fingerprint density at radius 1 is 1.25 bits per heavy atom. The van der Waals surface area contributed by atoms with E-state index in [1.54, 1.807) is 7.11 Å². The van der Waals surface area contributed by atoms with E-state index in [1.165, 1.54) is 0 Å². The summed E-state index contributed by atoms with van der Waals surface area (Å²) < 4.78 is 10.9. The summed E-state index contributed by atoms with van der Waals surface area (Å²) in [4.78, 5) is 15.1. The van der Waals surface area contributed by atoms with Gasteiger partial charge in [0.15, 0.2) is 0 Å². The Bertz CT molecular complexity index is 433. The summed E-state index contributed by atoms with van der Waals surface area (Å²) >= 11 is 0. The Hall–Kier alpha value is -1.63. The molecule has 2 atom stereocenters. The highest BCUT2D eigenvalue weighted by Crippen LogP contribution is 2.19. The maximum Gasteiger partial charge on any atom is 0.322 e. The van der Waals surface area contributed by atoms with Gasteiger partial charge in [-0.15, -0.1) is 0 Å². The van der Waals surface area contributed by atoms with Gasteiger partial charge in [0, 0.05) is 19.6 Å². The molecular weight excluding hydrogens is 258 g/mol. The van der Waals surface area contributed by atoms with Crippen LogP contribution >= 0.6 is 0 Å².